The van der Waals surface area contributed by atoms with Crippen LogP contribution in [0.2, 0.25) is 0 Å². The summed E-state index contributed by atoms with van der Waals surface area (Å²) in [5.74, 6) is -0.863. The number of carbonyl (C=O) groups is 3. The highest BCUT2D eigenvalue weighted by molar-refractivity contribution is 6.11. The molecule has 3 rings (SSSR count). The fraction of sp³-hybridized carbons (Fsp3) is 0.286. The maximum Gasteiger partial charge on any atom is 0.326 e. The zero-order valence-electron chi connectivity index (χ0n) is 15.7. The standard InChI is InChI=1S/C21H23N3O4/c1-28-14-8-13-22-18(25)15-24-19(26)21(23-20(24)27,16-9-4-2-5-10-16)17-11-6-3-7-12-17/h2-7,9-12H,8,13-15H2,1H3,(H,22,25)(H,23,27). The minimum atomic E-state index is -1.35. The third-order valence-corrected chi connectivity index (χ3v) is 4.67. The second kappa shape index (κ2) is 8.67. The number of amides is 4. The van der Waals surface area contributed by atoms with Crippen molar-refractivity contribution in [2.75, 3.05) is 26.8 Å². The van der Waals surface area contributed by atoms with E-state index >= 15 is 0 Å². The average molecular weight is 381 g/mol. The van der Waals surface area contributed by atoms with Crippen molar-refractivity contribution in [2.24, 2.45) is 0 Å². The summed E-state index contributed by atoms with van der Waals surface area (Å²) in [7, 11) is 1.59. The van der Waals surface area contributed by atoms with E-state index in [1.165, 1.54) is 0 Å². The highest BCUT2D eigenvalue weighted by Gasteiger charge is 2.53. The maximum atomic E-state index is 13.4. The van der Waals surface area contributed by atoms with Crippen LogP contribution >= 0.6 is 0 Å². The molecule has 2 N–H and O–H groups in total. The molecule has 7 nitrogen and oxygen atoms in total. The van der Waals surface area contributed by atoms with Gasteiger partial charge in [-0.15, -0.1) is 0 Å². The van der Waals surface area contributed by atoms with Crippen molar-refractivity contribution in [1.82, 2.24) is 15.5 Å². The molecule has 0 spiro atoms. The van der Waals surface area contributed by atoms with Crippen molar-refractivity contribution in [3.63, 3.8) is 0 Å². The van der Waals surface area contributed by atoms with Crippen molar-refractivity contribution in [3.05, 3.63) is 71.8 Å². The Labute approximate surface area is 163 Å². The first-order valence-corrected chi connectivity index (χ1v) is 9.10. The van der Waals surface area contributed by atoms with E-state index in [-0.39, 0.29) is 6.54 Å². The lowest BCUT2D eigenvalue weighted by Gasteiger charge is -2.28. The zero-order valence-corrected chi connectivity index (χ0v) is 15.7. The molecule has 28 heavy (non-hydrogen) atoms. The summed E-state index contributed by atoms with van der Waals surface area (Å²) < 4.78 is 4.94. The van der Waals surface area contributed by atoms with E-state index in [4.69, 9.17) is 4.74 Å². The number of hydrogen-bond donors (Lipinski definition) is 2. The summed E-state index contributed by atoms with van der Waals surface area (Å²) in [5, 5.41) is 5.52. The highest BCUT2D eigenvalue weighted by Crippen LogP contribution is 2.35. The lowest BCUT2D eigenvalue weighted by Crippen LogP contribution is -2.46. The molecule has 146 valence electrons. The number of imide groups is 1. The van der Waals surface area contributed by atoms with Gasteiger partial charge in [0.25, 0.3) is 5.91 Å². The molecule has 0 aromatic heterocycles. The molecule has 1 heterocycles. The van der Waals surface area contributed by atoms with E-state index in [0.29, 0.717) is 30.7 Å². The molecule has 0 aliphatic carbocycles. The third kappa shape index (κ3) is 3.75. The molecular weight excluding hydrogens is 358 g/mol. The number of rotatable bonds is 8. The molecule has 0 atom stereocenters. The van der Waals surface area contributed by atoms with Gasteiger partial charge >= 0.3 is 6.03 Å². The summed E-state index contributed by atoms with van der Waals surface area (Å²) in [4.78, 5) is 39.2. The van der Waals surface area contributed by atoms with Crippen LogP contribution in [0.1, 0.15) is 17.5 Å². The summed E-state index contributed by atoms with van der Waals surface area (Å²) in [5.41, 5.74) is -0.0688. The van der Waals surface area contributed by atoms with Crippen molar-refractivity contribution >= 4 is 17.8 Å². The smallest absolute Gasteiger partial charge is 0.326 e. The first-order valence-electron chi connectivity index (χ1n) is 9.10. The Morgan fingerprint density at radius 3 is 2.14 bits per heavy atom. The number of benzene rings is 2. The summed E-state index contributed by atoms with van der Waals surface area (Å²) in [6.45, 7) is 0.604. The third-order valence-electron chi connectivity index (χ3n) is 4.67. The second-order valence-electron chi connectivity index (χ2n) is 6.50. The van der Waals surface area contributed by atoms with Crippen molar-refractivity contribution in [1.29, 1.82) is 0 Å². The van der Waals surface area contributed by atoms with Gasteiger partial charge in [-0.3, -0.25) is 14.5 Å². The quantitative estimate of drug-likeness (QED) is 0.537. The van der Waals surface area contributed by atoms with Gasteiger partial charge in [0.05, 0.1) is 0 Å². The summed E-state index contributed by atoms with van der Waals surface area (Å²) in [6, 6.07) is 17.5. The Morgan fingerprint density at radius 1 is 1.04 bits per heavy atom. The first-order chi connectivity index (χ1) is 13.6. The van der Waals surface area contributed by atoms with E-state index in [9.17, 15) is 14.4 Å². The predicted octanol–water partition coefficient (Wildman–Crippen LogP) is 1.63. The number of ether oxygens (including phenoxy) is 1. The number of nitrogens with one attached hydrogen (secondary N) is 2. The van der Waals surface area contributed by atoms with Crippen LogP contribution in [0, 0.1) is 0 Å². The van der Waals surface area contributed by atoms with Crippen LogP contribution in [0.5, 0.6) is 0 Å². The lowest BCUT2D eigenvalue weighted by molar-refractivity contribution is -0.134. The lowest BCUT2D eigenvalue weighted by atomic mass is 9.82. The highest BCUT2D eigenvalue weighted by atomic mass is 16.5. The van der Waals surface area contributed by atoms with Crippen molar-refractivity contribution in [3.8, 4) is 0 Å². The Kier molecular flexibility index (Phi) is 6.06. The Morgan fingerprint density at radius 2 is 1.61 bits per heavy atom. The molecule has 4 amide bonds. The van der Waals surface area contributed by atoms with E-state index in [0.717, 1.165) is 4.90 Å². The molecule has 0 radical (unpaired) electrons. The SMILES string of the molecule is COCCCNC(=O)CN1C(=O)NC(c2ccccc2)(c2ccccc2)C1=O. The van der Waals surface area contributed by atoms with Gasteiger partial charge in [0, 0.05) is 20.3 Å². The van der Waals surface area contributed by atoms with E-state index in [1.807, 2.05) is 36.4 Å². The van der Waals surface area contributed by atoms with Crippen LogP contribution in [0.15, 0.2) is 60.7 Å². The topological polar surface area (TPSA) is 87.7 Å². The monoisotopic (exact) mass is 381 g/mol. The summed E-state index contributed by atoms with van der Waals surface area (Å²) >= 11 is 0. The van der Waals surface area contributed by atoms with Gasteiger partial charge < -0.3 is 15.4 Å². The first kappa shape index (κ1) is 19.6. The largest absolute Gasteiger partial charge is 0.385 e. The van der Waals surface area contributed by atoms with Crippen molar-refractivity contribution in [2.45, 2.75) is 12.0 Å². The molecule has 0 saturated carbocycles. The second-order valence-corrected chi connectivity index (χ2v) is 6.50. The van der Waals surface area contributed by atoms with Crippen LogP contribution in [-0.4, -0.2) is 49.6 Å². The molecule has 1 aliphatic rings. The van der Waals surface area contributed by atoms with E-state index in [2.05, 4.69) is 10.6 Å². The van der Waals surface area contributed by atoms with Crippen LogP contribution in [0.3, 0.4) is 0 Å². The fourth-order valence-electron chi connectivity index (χ4n) is 3.30. The van der Waals surface area contributed by atoms with Gasteiger partial charge in [-0.25, -0.2) is 4.79 Å². The maximum absolute atomic E-state index is 13.4. The normalized spacial score (nSPS) is 15.4. The van der Waals surface area contributed by atoms with Gasteiger partial charge in [0.15, 0.2) is 5.54 Å². The van der Waals surface area contributed by atoms with Crippen LogP contribution < -0.4 is 10.6 Å². The molecule has 0 bridgehead atoms. The molecule has 1 saturated heterocycles. The van der Waals surface area contributed by atoms with Crippen LogP contribution in [-0.2, 0) is 19.9 Å². The molecule has 0 unspecified atom stereocenters. The Hall–Kier alpha value is -3.19. The zero-order chi connectivity index (χ0) is 20.0. The number of urea groups is 1. The van der Waals surface area contributed by atoms with Gasteiger partial charge in [0.1, 0.15) is 6.54 Å². The minimum Gasteiger partial charge on any atom is -0.385 e. The predicted molar refractivity (Wildman–Crippen MR) is 103 cm³/mol. The van der Waals surface area contributed by atoms with Crippen LogP contribution in [0.4, 0.5) is 4.79 Å². The molecule has 1 fully saturated rings. The average Bonchev–Trinajstić information content (AvgIpc) is 2.98. The van der Waals surface area contributed by atoms with Crippen LogP contribution in [0.25, 0.3) is 0 Å². The number of carbonyl (C=O) groups excluding carboxylic acids is 3. The molecule has 2 aromatic carbocycles. The minimum absolute atomic E-state index is 0.334. The number of methoxy groups -OCH3 is 1. The van der Waals surface area contributed by atoms with E-state index in [1.54, 1.807) is 31.4 Å². The van der Waals surface area contributed by atoms with Gasteiger partial charge in [-0.05, 0) is 17.5 Å². The fourth-order valence-corrected chi connectivity index (χ4v) is 3.30. The Bertz CT molecular complexity index is 800. The molecule has 2 aromatic rings. The van der Waals surface area contributed by atoms with Gasteiger partial charge in [0.2, 0.25) is 5.91 Å². The summed E-state index contributed by atoms with van der Waals surface area (Å²) in [6.07, 6.45) is 0.653. The molecular formula is C21H23N3O4. The van der Waals surface area contributed by atoms with Gasteiger partial charge in [-0.2, -0.15) is 0 Å². The number of hydrogen-bond acceptors (Lipinski definition) is 4. The van der Waals surface area contributed by atoms with E-state index < -0.39 is 23.4 Å². The number of nitrogens with zero attached hydrogens (tertiary/aromatic N) is 1. The van der Waals surface area contributed by atoms with Crippen molar-refractivity contribution < 1.29 is 19.1 Å². The molecule has 7 heteroatoms. The van der Waals surface area contributed by atoms with Gasteiger partial charge in [-0.1, -0.05) is 60.7 Å². The molecule has 1 aliphatic heterocycles. The Balaban J connectivity index is 1.86.